The van der Waals surface area contributed by atoms with Gasteiger partial charge in [0.05, 0.1) is 12.7 Å². The van der Waals surface area contributed by atoms with Crippen molar-refractivity contribution in [2.75, 3.05) is 26.7 Å². The second-order valence-corrected chi connectivity index (χ2v) is 5.78. The molecule has 0 radical (unpaired) electrons. The van der Waals surface area contributed by atoms with Crippen molar-refractivity contribution in [3.63, 3.8) is 0 Å². The van der Waals surface area contributed by atoms with Gasteiger partial charge in [0, 0.05) is 17.6 Å². The summed E-state index contributed by atoms with van der Waals surface area (Å²) in [5.41, 5.74) is 7.45. The molecule has 0 saturated carbocycles. The molecule has 1 aromatic rings. The molecule has 1 fully saturated rings. The Hall–Kier alpha value is -0.910. The van der Waals surface area contributed by atoms with E-state index >= 15 is 0 Å². The first-order valence-corrected chi connectivity index (χ1v) is 7.22. The number of likely N-dealkylation sites (tertiary alicyclic amines) is 1. The summed E-state index contributed by atoms with van der Waals surface area (Å²) < 4.78 is 5.66. The Morgan fingerprint density at radius 3 is 2.95 bits per heavy atom. The van der Waals surface area contributed by atoms with Crippen molar-refractivity contribution >= 4 is 21.9 Å². The zero-order chi connectivity index (χ0) is 13.8. The van der Waals surface area contributed by atoms with Crippen molar-refractivity contribution in [2.45, 2.75) is 13.0 Å². The van der Waals surface area contributed by atoms with Gasteiger partial charge in [-0.15, -0.1) is 0 Å². The first kappa shape index (κ1) is 14.5. The van der Waals surface area contributed by atoms with Gasteiger partial charge < -0.3 is 10.5 Å². The number of methoxy groups -OCH3 is 1. The molecular formula is C14H19BrN2O2. The van der Waals surface area contributed by atoms with Crippen LogP contribution in [0.25, 0.3) is 0 Å². The zero-order valence-corrected chi connectivity index (χ0v) is 12.6. The molecule has 1 heterocycles. The van der Waals surface area contributed by atoms with Gasteiger partial charge in [-0.05, 0) is 43.1 Å². The van der Waals surface area contributed by atoms with Crippen LogP contribution in [-0.2, 0) is 11.3 Å². The van der Waals surface area contributed by atoms with Crippen LogP contribution in [0, 0.1) is 5.92 Å². The highest BCUT2D eigenvalue weighted by Crippen LogP contribution is 2.24. The highest BCUT2D eigenvalue weighted by molar-refractivity contribution is 9.10. The van der Waals surface area contributed by atoms with Crippen molar-refractivity contribution < 1.29 is 9.53 Å². The lowest BCUT2D eigenvalue weighted by Crippen LogP contribution is -2.23. The van der Waals surface area contributed by atoms with E-state index in [1.807, 2.05) is 18.2 Å². The summed E-state index contributed by atoms with van der Waals surface area (Å²) in [5.74, 6) is 0.310. The molecule has 1 aliphatic heterocycles. The third-order valence-corrected chi connectivity index (χ3v) is 4.31. The molecule has 5 heteroatoms. The van der Waals surface area contributed by atoms with Gasteiger partial charge in [0.1, 0.15) is 0 Å². The third-order valence-electron chi connectivity index (χ3n) is 3.57. The van der Waals surface area contributed by atoms with Gasteiger partial charge in [0.2, 0.25) is 0 Å². The lowest BCUT2D eigenvalue weighted by atomic mass is 10.1. The summed E-state index contributed by atoms with van der Waals surface area (Å²) in [4.78, 5) is 13.8. The molecule has 1 aromatic carbocycles. The van der Waals surface area contributed by atoms with Gasteiger partial charge >= 0.3 is 5.97 Å². The molecule has 19 heavy (non-hydrogen) atoms. The Morgan fingerprint density at radius 2 is 2.37 bits per heavy atom. The van der Waals surface area contributed by atoms with Crippen molar-refractivity contribution in [3.8, 4) is 0 Å². The molecule has 1 aliphatic rings. The topological polar surface area (TPSA) is 55.6 Å². The minimum Gasteiger partial charge on any atom is -0.465 e. The Kier molecular flexibility index (Phi) is 4.96. The summed E-state index contributed by atoms with van der Waals surface area (Å²) in [6.45, 7) is 3.80. The molecule has 104 valence electrons. The molecule has 0 aliphatic carbocycles. The van der Waals surface area contributed by atoms with E-state index in [9.17, 15) is 4.79 Å². The standard InChI is InChI=1S/C14H19BrN2O2/c1-19-14(18)11-2-3-12(13(15)6-11)9-17-5-4-10(7-16)8-17/h2-3,6,10H,4-5,7-9,16H2,1H3. The normalized spacial score (nSPS) is 19.6. The van der Waals surface area contributed by atoms with E-state index in [1.54, 1.807) is 0 Å². The molecule has 2 rings (SSSR count). The number of hydrogen-bond acceptors (Lipinski definition) is 4. The lowest BCUT2D eigenvalue weighted by Gasteiger charge is -2.17. The number of halogens is 1. The maximum Gasteiger partial charge on any atom is 0.337 e. The smallest absolute Gasteiger partial charge is 0.337 e. The molecule has 1 saturated heterocycles. The van der Waals surface area contributed by atoms with E-state index in [0.717, 1.165) is 30.7 Å². The molecule has 1 atom stereocenters. The minimum atomic E-state index is -0.309. The van der Waals surface area contributed by atoms with Gasteiger partial charge in [-0.2, -0.15) is 0 Å². The first-order chi connectivity index (χ1) is 9.13. The van der Waals surface area contributed by atoms with Crippen molar-refractivity contribution in [1.29, 1.82) is 0 Å². The van der Waals surface area contributed by atoms with Crippen molar-refractivity contribution in [3.05, 3.63) is 33.8 Å². The zero-order valence-electron chi connectivity index (χ0n) is 11.1. The second-order valence-electron chi connectivity index (χ2n) is 4.92. The van der Waals surface area contributed by atoms with Gasteiger partial charge in [-0.3, -0.25) is 4.90 Å². The SMILES string of the molecule is COC(=O)c1ccc(CN2CCC(CN)C2)c(Br)c1. The summed E-state index contributed by atoms with van der Waals surface area (Å²) in [6.07, 6.45) is 1.17. The quantitative estimate of drug-likeness (QED) is 0.860. The average molecular weight is 327 g/mol. The average Bonchev–Trinajstić information content (AvgIpc) is 2.88. The van der Waals surface area contributed by atoms with E-state index in [0.29, 0.717) is 11.5 Å². The number of esters is 1. The Labute approximate surface area is 122 Å². The number of carbonyl (C=O) groups is 1. The maximum atomic E-state index is 11.4. The van der Waals surface area contributed by atoms with Crippen molar-refractivity contribution in [2.24, 2.45) is 11.7 Å². The van der Waals surface area contributed by atoms with Crippen LogP contribution in [0.2, 0.25) is 0 Å². The predicted octanol–water partition coefficient (Wildman–Crippen LogP) is 2.02. The molecule has 0 aromatic heterocycles. The summed E-state index contributed by atoms with van der Waals surface area (Å²) >= 11 is 3.52. The lowest BCUT2D eigenvalue weighted by molar-refractivity contribution is 0.0600. The Bertz CT molecular complexity index is 465. The molecule has 2 N–H and O–H groups in total. The van der Waals surface area contributed by atoms with Crippen LogP contribution in [0.1, 0.15) is 22.3 Å². The Morgan fingerprint density at radius 1 is 1.58 bits per heavy atom. The number of carbonyl (C=O) groups excluding carboxylic acids is 1. The molecule has 0 spiro atoms. The maximum absolute atomic E-state index is 11.4. The van der Waals surface area contributed by atoms with E-state index in [4.69, 9.17) is 10.5 Å². The molecule has 0 amide bonds. The Balaban J connectivity index is 2.03. The number of nitrogens with two attached hydrogens (primary N) is 1. The van der Waals surface area contributed by atoms with E-state index in [2.05, 4.69) is 20.8 Å². The summed E-state index contributed by atoms with van der Waals surface area (Å²) in [6, 6.07) is 5.60. The molecule has 0 bridgehead atoms. The number of nitrogens with zero attached hydrogens (tertiary/aromatic N) is 1. The van der Waals surface area contributed by atoms with E-state index in [1.165, 1.54) is 19.1 Å². The van der Waals surface area contributed by atoms with Crippen LogP contribution in [0.4, 0.5) is 0 Å². The van der Waals surface area contributed by atoms with Crippen LogP contribution in [0.3, 0.4) is 0 Å². The summed E-state index contributed by atoms with van der Waals surface area (Å²) in [5, 5.41) is 0. The number of benzene rings is 1. The molecule has 1 unspecified atom stereocenters. The van der Waals surface area contributed by atoms with Crippen molar-refractivity contribution in [1.82, 2.24) is 4.90 Å². The molecular weight excluding hydrogens is 308 g/mol. The van der Waals surface area contributed by atoms with Gasteiger partial charge in [0.25, 0.3) is 0 Å². The molecule has 4 nitrogen and oxygen atoms in total. The fourth-order valence-corrected chi connectivity index (χ4v) is 2.91. The monoisotopic (exact) mass is 326 g/mol. The number of hydrogen-bond donors (Lipinski definition) is 1. The summed E-state index contributed by atoms with van der Waals surface area (Å²) in [7, 11) is 1.39. The van der Waals surface area contributed by atoms with Crippen LogP contribution in [-0.4, -0.2) is 37.6 Å². The second kappa shape index (κ2) is 6.50. The van der Waals surface area contributed by atoms with Gasteiger partial charge in [-0.25, -0.2) is 4.79 Å². The van der Waals surface area contributed by atoms with Crippen LogP contribution in [0.15, 0.2) is 22.7 Å². The predicted molar refractivity (Wildman–Crippen MR) is 77.9 cm³/mol. The number of ether oxygens (including phenoxy) is 1. The highest BCUT2D eigenvalue weighted by atomic mass is 79.9. The minimum absolute atomic E-state index is 0.309. The third kappa shape index (κ3) is 3.55. The van der Waals surface area contributed by atoms with Gasteiger partial charge in [0.15, 0.2) is 0 Å². The van der Waals surface area contributed by atoms with Crippen LogP contribution in [0.5, 0.6) is 0 Å². The number of rotatable bonds is 4. The fourth-order valence-electron chi connectivity index (χ4n) is 2.41. The largest absolute Gasteiger partial charge is 0.465 e. The van der Waals surface area contributed by atoms with E-state index in [-0.39, 0.29) is 5.97 Å². The fraction of sp³-hybridized carbons (Fsp3) is 0.500. The van der Waals surface area contributed by atoms with Crippen LogP contribution < -0.4 is 5.73 Å². The van der Waals surface area contributed by atoms with E-state index < -0.39 is 0 Å². The highest BCUT2D eigenvalue weighted by Gasteiger charge is 2.21. The first-order valence-electron chi connectivity index (χ1n) is 6.43. The van der Waals surface area contributed by atoms with Gasteiger partial charge in [-0.1, -0.05) is 22.0 Å². The van der Waals surface area contributed by atoms with Crippen LogP contribution >= 0.6 is 15.9 Å².